The number of rotatable bonds is 5. The Labute approximate surface area is 147 Å². The second-order valence-electron chi connectivity index (χ2n) is 5.65. The first-order valence-electron chi connectivity index (χ1n) is 7.93. The van der Waals surface area contributed by atoms with Crippen molar-refractivity contribution in [1.82, 2.24) is 15.0 Å². The number of esters is 1. The third kappa shape index (κ3) is 3.58. The Morgan fingerprint density at radius 1 is 1.15 bits per heavy atom. The highest BCUT2D eigenvalue weighted by molar-refractivity contribution is 5.76. The van der Waals surface area contributed by atoms with Crippen molar-refractivity contribution in [3.05, 3.63) is 70.0 Å². The third-order valence-corrected chi connectivity index (χ3v) is 3.87. The van der Waals surface area contributed by atoms with Crippen LogP contribution in [0, 0.1) is 11.6 Å². The molecule has 3 aromatic rings. The molecule has 0 aliphatic carbocycles. The van der Waals surface area contributed by atoms with Crippen molar-refractivity contribution >= 4 is 16.9 Å². The first kappa shape index (κ1) is 17.7. The van der Waals surface area contributed by atoms with Gasteiger partial charge in [0.05, 0.1) is 23.9 Å². The van der Waals surface area contributed by atoms with Gasteiger partial charge in [-0.25, -0.2) is 13.5 Å². The Hall–Kier alpha value is -3.16. The minimum absolute atomic E-state index is 0.0536. The van der Waals surface area contributed by atoms with Crippen LogP contribution < -0.4 is 5.56 Å². The highest BCUT2D eigenvalue weighted by atomic mass is 19.1. The number of fused-ring (bicyclic) bond motifs is 1. The van der Waals surface area contributed by atoms with Gasteiger partial charge in [-0.15, -0.1) is 5.10 Å². The molecule has 6 nitrogen and oxygen atoms in total. The number of aromatic nitrogens is 3. The summed E-state index contributed by atoms with van der Waals surface area (Å²) < 4.78 is 33.5. The van der Waals surface area contributed by atoms with Crippen LogP contribution in [-0.2, 0) is 16.1 Å². The summed E-state index contributed by atoms with van der Waals surface area (Å²) in [6, 6.07) is 10.1. The molecule has 0 saturated heterocycles. The zero-order chi connectivity index (χ0) is 18.7. The summed E-state index contributed by atoms with van der Waals surface area (Å²) in [6.07, 6.45) is -1.28. The van der Waals surface area contributed by atoms with E-state index in [0.29, 0.717) is 10.9 Å². The Morgan fingerprint density at radius 3 is 2.58 bits per heavy atom. The molecule has 0 spiro atoms. The zero-order valence-corrected chi connectivity index (χ0v) is 13.9. The van der Waals surface area contributed by atoms with Gasteiger partial charge in [0.25, 0.3) is 5.56 Å². The molecule has 0 aliphatic heterocycles. The largest absolute Gasteiger partial charge is 0.457 e. The molecule has 3 rings (SSSR count). The lowest BCUT2D eigenvalue weighted by molar-refractivity contribution is -0.149. The lowest BCUT2D eigenvalue weighted by Gasteiger charge is -2.15. The fourth-order valence-corrected chi connectivity index (χ4v) is 2.58. The van der Waals surface area contributed by atoms with E-state index >= 15 is 0 Å². The predicted molar refractivity (Wildman–Crippen MR) is 89.3 cm³/mol. The van der Waals surface area contributed by atoms with Crippen LogP contribution in [-0.4, -0.2) is 21.0 Å². The number of aryl methyl sites for hydroxylation is 1. The van der Waals surface area contributed by atoms with E-state index in [1.165, 1.54) is 13.0 Å². The molecule has 1 heterocycles. The molecular weight excluding hydrogens is 344 g/mol. The van der Waals surface area contributed by atoms with Gasteiger partial charge in [-0.05, 0) is 31.2 Å². The van der Waals surface area contributed by atoms with E-state index in [0.717, 1.165) is 16.8 Å². The van der Waals surface area contributed by atoms with E-state index in [-0.39, 0.29) is 24.1 Å². The summed E-state index contributed by atoms with van der Waals surface area (Å²) in [4.78, 5) is 24.3. The number of nitrogens with zero attached hydrogens (tertiary/aromatic N) is 3. The smallest absolute Gasteiger partial charge is 0.308 e. The standard InChI is InChI=1S/C18H15F2N3O3/c1-11(17-13(19)6-4-7-14(17)20)26-16(24)9-10-23-18(25)12-5-2-3-8-15(12)21-22-23/h2-8,11H,9-10H2,1H3. The molecule has 1 aromatic heterocycles. The van der Waals surface area contributed by atoms with Crippen LogP contribution in [0.25, 0.3) is 10.9 Å². The normalized spacial score (nSPS) is 12.1. The molecule has 134 valence electrons. The number of carbonyl (C=O) groups excluding carboxylic acids is 1. The monoisotopic (exact) mass is 359 g/mol. The van der Waals surface area contributed by atoms with Crippen molar-refractivity contribution < 1.29 is 18.3 Å². The van der Waals surface area contributed by atoms with Crippen LogP contribution in [0.1, 0.15) is 25.0 Å². The van der Waals surface area contributed by atoms with Crippen molar-refractivity contribution in [3.63, 3.8) is 0 Å². The highest BCUT2D eigenvalue weighted by Crippen LogP contribution is 2.23. The third-order valence-electron chi connectivity index (χ3n) is 3.87. The van der Waals surface area contributed by atoms with Crippen molar-refractivity contribution in [2.75, 3.05) is 0 Å². The van der Waals surface area contributed by atoms with Crippen LogP contribution in [0.4, 0.5) is 8.78 Å². The Morgan fingerprint density at radius 2 is 1.85 bits per heavy atom. The topological polar surface area (TPSA) is 74.1 Å². The summed E-state index contributed by atoms with van der Waals surface area (Å²) in [6.45, 7) is 1.32. The number of benzene rings is 2. The molecule has 1 atom stereocenters. The molecule has 0 bridgehead atoms. The van der Waals surface area contributed by atoms with Gasteiger partial charge in [0.2, 0.25) is 0 Å². The molecule has 26 heavy (non-hydrogen) atoms. The van der Waals surface area contributed by atoms with Gasteiger partial charge < -0.3 is 4.74 Å². The van der Waals surface area contributed by atoms with Gasteiger partial charge in [-0.3, -0.25) is 9.59 Å². The average Bonchev–Trinajstić information content (AvgIpc) is 2.61. The first-order chi connectivity index (χ1) is 12.5. The van der Waals surface area contributed by atoms with Gasteiger partial charge in [0.15, 0.2) is 0 Å². The average molecular weight is 359 g/mol. The van der Waals surface area contributed by atoms with Crippen LogP contribution in [0.3, 0.4) is 0 Å². The zero-order valence-electron chi connectivity index (χ0n) is 13.9. The number of hydrogen-bond acceptors (Lipinski definition) is 5. The second-order valence-corrected chi connectivity index (χ2v) is 5.65. The fourth-order valence-electron chi connectivity index (χ4n) is 2.58. The quantitative estimate of drug-likeness (QED) is 0.655. The van der Waals surface area contributed by atoms with Crippen LogP contribution in [0.15, 0.2) is 47.3 Å². The molecule has 0 fully saturated rings. The van der Waals surface area contributed by atoms with Crippen molar-refractivity contribution in [3.8, 4) is 0 Å². The minimum atomic E-state index is -1.09. The molecule has 0 aliphatic rings. The van der Waals surface area contributed by atoms with Gasteiger partial charge in [-0.1, -0.05) is 23.4 Å². The van der Waals surface area contributed by atoms with Gasteiger partial charge in [0, 0.05) is 0 Å². The predicted octanol–water partition coefficient (Wildman–Crippen LogP) is 2.76. The first-order valence-corrected chi connectivity index (χ1v) is 7.93. The number of halogens is 2. The summed E-state index contributed by atoms with van der Waals surface area (Å²) in [5, 5.41) is 8.07. The maximum Gasteiger partial charge on any atom is 0.308 e. The van der Waals surface area contributed by atoms with Crippen molar-refractivity contribution in [2.45, 2.75) is 26.0 Å². The lowest BCUT2D eigenvalue weighted by atomic mass is 10.1. The van der Waals surface area contributed by atoms with Crippen molar-refractivity contribution in [1.29, 1.82) is 0 Å². The molecule has 0 amide bonds. The highest BCUT2D eigenvalue weighted by Gasteiger charge is 2.20. The summed E-state index contributed by atoms with van der Waals surface area (Å²) in [5.74, 6) is -2.29. The Balaban J connectivity index is 1.68. The van der Waals surface area contributed by atoms with Crippen LogP contribution >= 0.6 is 0 Å². The van der Waals surface area contributed by atoms with E-state index in [1.54, 1.807) is 24.3 Å². The van der Waals surface area contributed by atoms with Gasteiger partial charge >= 0.3 is 5.97 Å². The maximum atomic E-state index is 13.7. The van der Waals surface area contributed by atoms with Crippen molar-refractivity contribution in [2.24, 2.45) is 0 Å². The minimum Gasteiger partial charge on any atom is -0.457 e. The Bertz CT molecular complexity index is 1000. The van der Waals surface area contributed by atoms with Gasteiger partial charge in [0.1, 0.15) is 23.3 Å². The molecule has 1 unspecified atom stereocenters. The van der Waals surface area contributed by atoms with E-state index < -0.39 is 23.7 Å². The molecular formula is C18H15F2N3O3. The molecule has 0 radical (unpaired) electrons. The van der Waals surface area contributed by atoms with Crippen LogP contribution in [0.2, 0.25) is 0 Å². The number of carbonyl (C=O) groups is 1. The maximum absolute atomic E-state index is 13.7. The van der Waals surface area contributed by atoms with Crippen LogP contribution in [0.5, 0.6) is 0 Å². The summed E-state index contributed by atoms with van der Waals surface area (Å²) in [5.41, 5.74) is -0.236. The van der Waals surface area contributed by atoms with E-state index in [1.807, 2.05) is 0 Å². The molecule has 0 N–H and O–H groups in total. The van der Waals surface area contributed by atoms with E-state index in [9.17, 15) is 18.4 Å². The molecule has 2 aromatic carbocycles. The molecule has 0 saturated carbocycles. The summed E-state index contributed by atoms with van der Waals surface area (Å²) in [7, 11) is 0. The second kappa shape index (κ2) is 7.38. The Kier molecular flexibility index (Phi) is 5.01. The number of ether oxygens (including phenoxy) is 1. The molecule has 8 heteroatoms. The lowest BCUT2D eigenvalue weighted by Crippen LogP contribution is -2.26. The number of hydrogen-bond donors (Lipinski definition) is 0. The van der Waals surface area contributed by atoms with E-state index in [2.05, 4.69) is 10.3 Å². The van der Waals surface area contributed by atoms with E-state index in [4.69, 9.17) is 4.74 Å². The summed E-state index contributed by atoms with van der Waals surface area (Å²) >= 11 is 0. The van der Waals surface area contributed by atoms with Gasteiger partial charge in [-0.2, -0.15) is 0 Å². The SMILES string of the molecule is CC(OC(=O)CCn1nnc2ccccc2c1=O)c1c(F)cccc1F. The fraction of sp³-hybridized carbons (Fsp3) is 0.222.